The molecule has 0 aliphatic carbocycles. The zero-order chi connectivity index (χ0) is 14.9. The Hall–Kier alpha value is -0.860. The van der Waals surface area contributed by atoms with Crippen molar-refractivity contribution < 1.29 is 9.84 Å². The highest BCUT2D eigenvalue weighted by Gasteiger charge is 2.20. The molecule has 4 heteroatoms. The van der Waals surface area contributed by atoms with Gasteiger partial charge in [0.15, 0.2) is 0 Å². The van der Waals surface area contributed by atoms with Crippen LogP contribution in [0.15, 0.2) is 12.1 Å². The molecule has 1 aromatic rings. The molecule has 116 valence electrons. The SMILES string of the molecule is CCCOC1CCCN(Cc2ccc(C#CCCO)s2)C1. The summed E-state index contributed by atoms with van der Waals surface area (Å²) < 4.78 is 5.89. The quantitative estimate of drug-likeness (QED) is 0.820. The molecule has 2 heterocycles. The lowest BCUT2D eigenvalue weighted by molar-refractivity contribution is -0.00197. The van der Waals surface area contributed by atoms with Crippen LogP contribution in [0.4, 0.5) is 0 Å². The minimum absolute atomic E-state index is 0.137. The normalized spacial score (nSPS) is 19.2. The van der Waals surface area contributed by atoms with Crippen LogP contribution in [0.2, 0.25) is 0 Å². The lowest BCUT2D eigenvalue weighted by Gasteiger charge is -2.32. The van der Waals surface area contributed by atoms with Crippen LogP contribution >= 0.6 is 11.3 Å². The third-order valence-corrected chi connectivity index (χ3v) is 4.49. The van der Waals surface area contributed by atoms with Crippen molar-refractivity contribution >= 4 is 11.3 Å². The van der Waals surface area contributed by atoms with Gasteiger partial charge in [-0.15, -0.1) is 11.3 Å². The largest absolute Gasteiger partial charge is 0.395 e. The van der Waals surface area contributed by atoms with Crippen molar-refractivity contribution in [3.05, 3.63) is 21.9 Å². The van der Waals surface area contributed by atoms with Gasteiger partial charge in [0.25, 0.3) is 0 Å². The summed E-state index contributed by atoms with van der Waals surface area (Å²) in [5.74, 6) is 6.08. The fourth-order valence-electron chi connectivity index (χ4n) is 2.53. The van der Waals surface area contributed by atoms with E-state index in [1.54, 1.807) is 11.3 Å². The Labute approximate surface area is 131 Å². The lowest BCUT2D eigenvalue weighted by atomic mass is 10.1. The van der Waals surface area contributed by atoms with E-state index in [2.05, 4.69) is 35.8 Å². The molecule has 0 saturated carbocycles. The third-order valence-electron chi connectivity index (χ3n) is 3.51. The summed E-state index contributed by atoms with van der Waals surface area (Å²) in [6.07, 6.45) is 4.47. The minimum Gasteiger partial charge on any atom is -0.395 e. The Kier molecular flexibility index (Phi) is 7.25. The fourth-order valence-corrected chi connectivity index (χ4v) is 3.46. The highest BCUT2D eigenvalue weighted by Crippen LogP contribution is 2.21. The van der Waals surface area contributed by atoms with Crippen LogP contribution in [-0.4, -0.2) is 42.4 Å². The van der Waals surface area contributed by atoms with E-state index in [9.17, 15) is 0 Å². The molecule has 0 bridgehead atoms. The van der Waals surface area contributed by atoms with Crippen LogP contribution in [0, 0.1) is 11.8 Å². The van der Waals surface area contributed by atoms with Gasteiger partial charge >= 0.3 is 0 Å². The second-order valence-corrected chi connectivity index (χ2v) is 6.58. The summed E-state index contributed by atoms with van der Waals surface area (Å²) in [7, 11) is 0. The average molecular weight is 307 g/mol. The van der Waals surface area contributed by atoms with Gasteiger partial charge in [0.05, 0.1) is 17.6 Å². The molecule has 1 aliphatic rings. The summed E-state index contributed by atoms with van der Waals surface area (Å²) in [6, 6.07) is 4.25. The summed E-state index contributed by atoms with van der Waals surface area (Å²) >= 11 is 1.76. The maximum atomic E-state index is 8.73. The smallest absolute Gasteiger partial charge is 0.0771 e. The first-order valence-electron chi connectivity index (χ1n) is 7.84. The number of hydrogen-bond acceptors (Lipinski definition) is 4. The van der Waals surface area contributed by atoms with Gasteiger partial charge in [-0.05, 0) is 37.9 Å². The van der Waals surface area contributed by atoms with E-state index in [1.807, 2.05) is 0 Å². The number of ether oxygens (including phenoxy) is 1. The topological polar surface area (TPSA) is 32.7 Å². The van der Waals surface area contributed by atoms with Gasteiger partial charge in [-0.1, -0.05) is 18.8 Å². The van der Waals surface area contributed by atoms with Gasteiger partial charge in [-0.25, -0.2) is 0 Å². The molecule has 1 aromatic heterocycles. The van der Waals surface area contributed by atoms with E-state index in [0.29, 0.717) is 12.5 Å². The zero-order valence-electron chi connectivity index (χ0n) is 12.8. The summed E-state index contributed by atoms with van der Waals surface area (Å²) in [6.45, 7) is 6.38. The Balaban J connectivity index is 1.82. The molecule has 1 fully saturated rings. The third kappa shape index (κ3) is 5.80. The summed E-state index contributed by atoms with van der Waals surface area (Å²) in [4.78, 5) is 4.94. The van der Waals surface area contributed by atoms with Crippen molar-refractivity contribution in [3.8, 4) is 11.8 Å². The van der Waals surface area contributed by atoms with Crippen LogP contribution in [0.3, 0.4) is 0 Å². The monoisotopic (exact) mass is 307 g/mol. The Morgan fingerprint density at radius 3 is 3.19 bits per heavy atom. The van der Waals surface area contributed by atoms with Crippen LogP contribution in [-0.2, 0) is 11.3 Å². The van der Waals surface area contributed by atoms with Crippen molar-refractivity contribution in [2.75, 3.05) is 26.3 Å². The molecule has 1 saturated heterocycles. The molecule has 1 atom stereocenters. The molecule has 0 amide bonds. The number of aliphatic hydroxyl groups excluding tert-OH is 1. The van der Waals surface area contributed by atoms with Crippen molar-refractivity contribution in [2.45, 2.75) is 45.3 Å². The van der Waals surface area contributed by atoms with E-state index in [-0.39, 0.29) is 6.61 Å². The molecule has 1 unspecified atom stereocenters. The van der Waals surface area contributed by atoms with Crippen molar-refractivity contribution in [1.29, 1.82) is 0 Å². The zero-order valence-corrected chi connectivity index (χ0v) is 13.6. The predicted octanol–water partition coefficient (Wildman–Crippen LogP) is 2.87. The van der Waals surface area contributed by atoms with Gasteiger partial charge in [-0.2, -0.15) is 0 Å². The minimum atomic E-state index is 0.137. The first-order chi connectivity index (χ1) is 10.3. The van der Waals surface area contributed by atoms with Gasteiger partial charge in [0.1, 0.15) is 0 Å². The molecular weight excluding hydrogens is 282 g/mol. The highest BCUT2D eigenvalue weighted by atomic mass is 32.1. The number of rotatable bonds is 6. The number of piperidine rings is 1. The van der Waals surface area contributed by atoms with Crippen LogP contribution in [0.1, 0.15) is 42.4 Å². The molecule has 21 heavy (non-hydrogen) atoms. The molecule has 0 spiro atoms. The molecule has 2 rings (SSSR count). The standard InChI is InChI=1S/C17H25NO2S/c1-2-12-20-15-6-5-10-18(13-15)14-17-9-8-16(21-17)7-3-4-11-19/h8-9,15,19H,2,4-6,10-14H2,1H3. The van der Waals surface area contributed by atoms with E-state index >= 15 is 0 Å². The van der Waals surface area contributed by atoms with Gasteiger partial charge < -0.3 is 9.84 Å². The summed E-state index contributed by atoms with van der Waals surface area (Å²) in [5, 5.41) is 8.73. The Morgan fingerprint density at radius 1 is 1.48 bits per heavy atom. The summed E-state index contributed by atoms with van der Waals surface area (Å²) in [5.41, 5.74) is 0. The molecular formula is C17H25NO2S. The second kappa shape index (κ2) is 9.22. The van der Waals surface area contributed by atoms with Gasteiger partial charge in [0, 0.05) is 31.0 Å². The Morgan fingerprint density at radius 2 is 2.38 bits per heavy atom. The van der Waals surface area contributed by atoms with Gasteiger partial charge in [0.2, 0.25) is 0 Å². The maximum Gasteiger partial charge on any atom is 0.0771 e. The van der Waals surface area contributed by atoms with E-state index in [0.717, 1.165) is 37.5 Å². The van der Waals surface area contributed by atoms with E-state index < -0.39 is 0 Å². The first kappa shape index (κ1) is 16.5. The number of hydrogen-bond donors (Lipinski definition) is 1. The van der Waals surface area contributed by atoms with Crippen molar-refractivity contribution in [3.63, 3.8) is 0 Å². The highest BCUT2D eigenvalue weighted by molar-refractivity contribution is 7.12. The molecule has 0 radical (unpaired) electrons. The average Bonchev–Trinajstić information content (AvgIpc) is 2.93. The van der Waals surface area contributed by atoms with Crippen LogP contribution < -0.4 is 0 Å². The van der Waals surface area contributed by atoms with Crippen molar-refractivity contribution in [2.24, 2.45) is 0 Å². The van der Waals surface area contributed by atoms with Crippen molar-refractivity contribution in [1.82, 2.24) is 4.90 Å². The fraction of sp³-hybridized carbons (Fsp3) is 0.647. The Bertz CT molecular complexity index is 475. The molecule has 3 nitrogen and oxygen atoms in total. The number of thiophene rings is 1. The second-order valence-electron chi connectivity index (χ2n) is 5.41. The number of aliphatic hydroxyl groups is 1. The van der Waals surface area contributed by atoms with Crippen LogP contribution in [0.25, 0.3) is 0 Å². The van der Waals surface area contributed by atoms with Crippen LogP contribution in [0.5, 0.6) is 0 Å². The number of likely N-dealkylation sites (tertiary alicyclic amines) is 1. The maximum absolute atomic E-state index is 8.73. The molecule has 0 aromatic carbocycles. The lowest BCUT2D eigenvalue weighted by Crippen LogP contribution is -2.39. The van der Waals surface area contributed by atoms with E-state index in [4.69, 9.17) is 9.84 Å². The molecule has 1 N–H and O–H groups in total. The number of nitrogens with zero attached hydrogens (tertiary/aromatic N) is 1. The van der Waals surface area contributed by atoms with E-state index in [1.165, 1.54) is 17.7 Å². The predicted molar refractivity (Wildman–Crippen MR) is 87.4 cm³/mol. The first-order valence-corrected chi connectivity index (χ1v) is 8.66. The van der Waals surface area contributed by atoms with Gasteiger partial charge in [-0.3, -0.25) is 4.90 Å². The molecule has 1 aliphatic heterocycles.